The predicted octanol–water partition coefficient (Wildman–Crippen LogP) is 0.925. The summed E-state index contributed by atoms with van der Waals surface area (Å²) in [5.74, 6) is -0.488. The Hall–Kier alpha value is -2.45. The average Bonchev–Trinajstić information content (AvgIpc) is 3.28. The number of aromatic nitrogens is 2. The average molecular weight is 296 g/mol. The van der Waals surface area contributed by atoms with Crippen LogP contribution in [-0.4, -0.2) is 47.2 Å². The van der Waals surface area contributed by atoms with Crippen LogP contribution < -0.4 is 9.64 Å². The Balaban J connectivity index is 2.36. The molecule has 0 aliphatic heterocycles. The quantitative estimate of drug-likeness (QED) is 0.415. The monoisotopic (exact) mass is 296 g/mol. The van der Waals surface area contributed by atoms with Gasteiger partial charge in [0, 0.05) is 6.04 Å². The molecule has 0 bridgehead atoms. The number of rotatable bonds is 7. The number of hydrogen-bond donors (Lipinski definition) is 0. The van der Waals surface area contributed by atoms with Crippen molar-refractivity contribution in [2.24, 2.45) is 0 Å². The van der Waals surface area contributed by atoms with E-state index in [0.29, 0.717) is 0 Å². The van der Waals surface area contributed by atoms with Crippen LogP contribution in [0.2, 0.25) is 0 Å². The van der Waals surface area contributed by atoms with E-state index in [9.17, 15) is 14.9 Å². The predicted molar refractivity (Wildman–Crippen MR) is 72.2 cm³/mol. The second-order valence-corrected chi connectivity index (χ2v) is 4.48. The summed E-state index contributed by atoms with van der Waals surface area (Å²) in [7, 11) is 1.30. The number of nitrogens with zero attached hydrogens (tertiary/aromatic N) is 4. The molecule has 1 aliphatic rings. The van der Waals surface area contributed by atoms with Gasteiger partial charge >= 0.3 is 11.7 Å². The Labute approximate surface area is 121 Å². The summed E-state index contributed by atoms with van der Waals surface area (Å²) in [6.07, 6.45) is 2.88. The van der Waals surface area contributed by atoms with Crippen molar-refractivity contribution in [2.75, 3.05) is 25.2 Å². The Morgan fingerprint density at radius 3 is 2.76 bits per heavy atom. The van der Waals surface area contributed by atoms with Crippen molar-refractivity contribution in [3.05, 3.63) is 16.4 Å². The van der Waals surface area contributed by atoms with Gasteiger partial charge in [0.05, 0.1) is 18.6 Å². The van der Waals surface area contributed by atoms with Gasteiger partial charge in [0.15, 0.2) is 0 Å². The maximum absolute atomic E-state index is 11.7. The van der Waals surface area contributed by atoms with Crippen molar-refractivity contribution >= 4 is 17.5 Å². The maximum atomic E-state index is 11.7. The summed E-state index contributed by atoms with van der Waals surface area (Å²) < 4.78 is 9.82. The van der Waals surface area contributed by atoms with E-state index in [4.69, 9.17) is 9.47 Å². The van der Waals surface area contributed by atoms with Crippen LogP contribution in [0.4, 0.5) is 11.5 Å². The highest BCUT2D eigenvalue weighted by Gasteiger charge is 2.37. The van der Waals surface area contributed by atoms with Crippen molar-refractivity contribution in [1.29, 1.82) is 0 Å². The molecule has 0 saturated heterocycles. The first-order valence-electron chi connectivity index (χ1n) is 6.54. The lowest BCUT2D eigenvalue weighted by Crippen LogP contribution is -2.34. The van der Waals surface area contributed by atoms with Crippen LogP contribution in [-0.2, 0) is 9.53 Å². The third-order valence-corrected chi connectivity index (χ3v) is 3.01. The molecule has 0 aromatic carbocycles. The van der Waals surface area contributed by atoms with Crippen molar-refractivity contribution in [3.8, 4) is 5.88 Å². The van der Waals surface area contributed by atoms with Crippen molar-refractivity contribution in [1.82, 2.24) is 9.97 Å². The fourth-order valence-electron chi connectivity index (χ4n) is 1.98. The number of hydrogen-bond acceptors (Lipinski definition) is 8. The molecule has 114 valence electrons. The molecule has 1 fully saturated rings. The van der Waals surface area contributed by atoms with E-state index in [1.54, 1.807) is 11.8 Å². The molecule has 2 rings (SSSR count). The van der Waals surface area contributed by atoms with Gasteiger partial charge in [0.1, 0.15) is 12.9 Å². The highest BCUT2D eigenvalue weighted by Crippen LogP contribution is 2.38. The van der Waals surface area contributed by atoms with Gasteiger partial charge in [0.25, 0.3) is 5.88 Å². The molecule has 0 unspecified atom stereocenters. The molecule has 1 heterocycles. The fourth-order valence-corrected chi connectivity index (χ4v) is 1.98. The molecular formula is C12H16N4O5. The van der Waals surface area contributed by atoms with E-state index in [-0.39, 0.29) is 36.6 Å². The number of ether oxygens (including phenoxy) is 2. The van der Waals surface area contributed by atoms with Gasteiger partial charge in [0.2, 0.25) is 5.82 Å². The zero-order valence-electron chi connectivity index (χ0n) is 11.8. The lowest BCUT2D eigenvalue weighted by molar-refractivity contribution is -0.385. The molecule has 0 atom stereocenters. The van der Waals surface area contributed by atoms with E-state index in [0.717, 1.165) is 12.8 Å². The molecule has 1 aromatic rings. The highest BCUT2D eigenvalue weighted by atomic mass is 16.6. The molecule has 1 aromatic heterocycles. The molecule has 21 heavy (non-hydrogen) atoms. The standard InChI is InChI=1S/C12H16N4O5/c1-3-21-9(17)6-15(8-4-5-8)11-10(16(18)19)12(20-2)14-7-13-11/h7-8H,3-6H2,1-2H3. The van der Waals surface area contributed by atoms with Crippen LogP contribution >= 0.6 is 0 Å². The fraction of sp³-hybridized carbons (Fsp3) is 0.583. The van der Waals surface area contributed by atoms with Gasteiger partial charge in [-0.25, -0.2) is 4.98 Å². The molecule has 0 radical (unpaired) electrons. The summed E-state index contributed by atoms with van der Waals surface area (Å²) in [5, 5.41) is 11.3. The molecule has 9 heteroatoms. The Morgan fingerprint density at radius 2 is 2.24 bits per heavy atom. The second kappa shape index (κ2) is 6.33. The van der Waals surface area contributed by atoms with Crippen LogP contribution in [0, 0.1) is 10.1 Å². The summed E-state index contributed by atoms with van der Waals surface area (Å²) in [5.41, 5.74) is -0.337. The molecule has 0 spiro atoms. The van der Waals surface area contributed by atoms with Crippen molar-refractivity contribution < 1.29 is 19.2 Å². The van der Waals surface area contributed by atoms with E-state index < -0.39 is 10.9 Å². The second-order valence-electron chi connectivity index (χ2n) is 4.48. The van der Waals surface area contributed by atoms with Gasteiger partial charge < -0.3 is 14.4 Å². The Kier molecular flexibility index (Phi) is 4.51. The van der Waals surface area contributed by atoms with E-state index in [1.807, 2.05) is 0 Å². The first-order chi connectivity index (χ1) is 10.1. The van der Waals surface area contributed by atoms with Crippen LogP contribution in [0.3, 0.4) is 0 Å². The molecule has 0 amide bonds. The lowest BCUT2D eigenvalue weighted by atomic mass is 10.3. The van der Waals surface area contributed by atoms with Crippen LogP contribution in [0.5, 0.6) is 5.88 Å². The number of esters is 1. The van der Waals surface area contributed by atoms with Crippen molar-refractivity contribution in [2.45, 2.75) is 25.8 Å². The molecule has 1 aliphatic carbocycles. The molecule has 1 saturated carbocycles. The summed E-state index contributed by atoms with van der Waals surface area (Å²) in [6.45, 7) is 1.88. The molecular weight excluding hydrogens is 280 g/mol. The van der Waals surface area contributed by atoms with Crippen molar-refractivity contribution in [3.63, 3.8) is 0 Å². The van der Waals surface area contributed by atoms with Crippen LogP contribution in [0.15, 0.2) is 6.33 Å². The van der Waals surface area contributed by atoms with Gasteiger partial charge in [-0.1, -0.05) is 0 Å². The van der Waals surface area contributed by atoms with Gasteiger partial charge in [-0.3, -0.25) is 14.9 Å². The number of carbonyl (C=O) groups excluding carboxylic acids is 1. The number of nitro groups is 1. The summed E-state index contributed by atoms with van der Waals surface area (Å²) in [6, 6.07) is 0.0488. The Bertz CT molecular complexity index is 546. The number of methoxy groups -OCH3 is 1. The summed E-state index contributed by atoms with van der Waals surface area (Å²) >= 11 is 0. The van der Waals surface area contributed by atoms with Gasteiger partial charge in [-0.2, -0.15) is 4.98 Å². The van der Waals surface area contributed by atoms with E-state index in [1.165, 1.54) is 13.4 Å². The normalized spacial score (nSPS) is 13.6. The SMILES string of the molecule is CCOC(=O)CN(c1ncnc(OC)c1[N+](=O)[O-])C1CC1. The minimum absolute atomic E-state index is 0.0488. The third kappa shape index (κ3) is 3.36. The number of carbonyl (C=O) groups is 1. The highest BCUT2D eigenvalue weighted by molar-refractivity contribution is 5.78. The van der Waals surface area contributed by atoms with E-state index >= 15 is 0 Å². The molecule has 0 N–H and O–H groups in total. The maximum Gasteiger partial charge on any atom is 0.372 e. The Morgan fingerprint density at radius 1 is 1.52 bits per heavy atom. The lowest BCUT2D eigenvalue weighted by Gasteiger charge is -2.22. The first-order valence-corrected chi connectivity index (χ1v) is 6.54. The largest absolute Gasteiger partial charge is 0.476 e. The topological polar surface area (TPSA) is 108 Å². The number of anilines is 1. The minimum Gasteiger partial charge on any atom is -0.476 e. The first kappa shape index (κ1) is 14.9. The molecule has 9 nitrogen and oxygen atoms in total. The van der Waals surface area contributed by atoms with Gasteiger partial charge in [-0.15, -0.1) is 0 Å². The summed E-state index contributed by atoms with van der Waals surface area (Å²) in [4.78, 5) is 31.6. The third-order valence-electron chi connectivity index (χ3n) is 3.01. The van der Waals surface area contributed by atoms with Crippen LogP contribution in [0.25, 0.3) is 0 Å². The van der Waals surface area contributed by atoms with Gasteiger partial charge in [-0.05, 0) is 19.8 Å². The van der Waals surface area contributed by atoms with Crippen LogP contribution in [0.1, 0.15) is 19.8 Å². The van der Waals surface area contributed by atoms with E-state index in [2.05, 4.69) is 9.97 Å². The zero-order valence-corrected chi connectivity index (χ0v) is 11.8. The smallest absolute Gasteiger partial charge is 0.372 e. The minimum atomic E-state index is -0.602. The zero-order chi connectivity index (χ0) is 15.4.